The largest absolute Gasteiger partial charge is 0.497 e. The highest BCUT2D eigenvalue weighted by molar-refractivity contribution is 5.98. The monoisotopic (exact) mass is 363 g/mol. The molecule has 0 saturated carbocycles. The van der Waals surface area contributed by atoms with E-state index in [0.29, 0.717) is 12.1 Å². The van der Waals surface area contributed by atoms with Gasteiger partial charge in [-0.05, 0) is 56.5 Å². The third kappa shape index (κ3) is 4.41. The van der Waals surface area contributed by atoms with Crippen LogP contribution in [0.1, 0.15) is 35.8 Å². The van der Waals surface area contributed by atoms with Gasteiger partial charge in [0, 0.05) is 18.0 Å². The normalized spacial score (nSPS) is 16.1. The third-order valence-corrected chi connectivity index (χ3v) is 4.95. The van der Waals surface area contributed by atoms with Crippen molar-refractivity contribution in [1.82, 2.24) is 15.6 Å². The van der Waals surface area contributed by atoms with Crippen LogP contribution in [0.2, 0.25) is 0 Å². The fraction of sp³-hybridized carbons (Fsp3) is 0.474. The first-order valence-corrected chi connectivity index (χ1v) is 8.45. The second-order valence-electron chi connectivity index (χ2n) is 6.92. The van der Waals surface area contributed by atoms with Crippen molar-refractivity contribution in [3.8, 4) is 5.75 Å². The third-order valence-electron chi connectivity index (χ3n) is 4.95. The molecule has 1 amide bonds. The number of benzene rings is 1. The predicted octanol–water partition coefficient (Wildman–Crippen LogP) is 3.09. The molecular weight excluding hydrogens is 338 g/mol. The number of aryl methyl sites for hydroxylation is 1. The number of rotatable bonds is 4. The molecule has 136 valence electrons. The molecule has 2 N–H and O–H groups in total. The number of methoxy groups -OCH3 is 1. The number of piperidine rings is 1. The SMILES string of the molecule is COc1ccc2cc(C(=O)NCC3(C)CCNCC3)c(C)nc2c1.Cl. The number of ether oxygens (including phenoxy) is 1. The zero-order valence-electron chi connectivity index (χ0n) is 15.0. The Morgan fingerprint density at radius 2 is 2.04 bits per heavy atom. The first kappa shape index (κ1) is 19.5. The number of fused-ring (bicyclic) bond motifs is 1. The molecule has 0 spiro atoms. The summed E-state index contributed by atoms with van der Waals surface area (Å²) >= 11 is 0. The van der Waals surface area contributed by atoms with E-state index in [1.165, 1.54) is 0 Å². The zero-order valence-corrected chi connectivity index (χ0v) is 15.8. The van der Waals surface area contributed by atoms with Crippen LogP contribution in [-0.4, -0.2) is 37.6 Å². The van der Waals surface area contributed by atoms with Crippen LogP contribution in [0.25, 0.3) is 10.9 Å². The highest BCUT2D eigenvalue weighted by Gasteiger charge is 2.27. The molecule has 2 heterocycles. The Labute approximate surface area is 155 Å². The van der Waals surface area contributed by atoms with Crippen molar-refractivity contribution in [2.45, 2.75) is 26.7 Å². The molecule has 2 aromatic rings. The molecule has 0 radical (unpaired) electrons. The van der Waals surface area contributed by atoms with Crippen LogP contribution in [0.4, 0.5) is 0 Å². The van der Waals surface area contributed by atoms with Gasteiger partial charge in [0.05, 0.1) is 23.9 Å². The molecule has 1 fully saturated rings. The van der Waals surface area contributed by atoms with Crippen LogP contribution in [0, 0.1) is 12.3 Å². The van der Waals surface area contributed by atoms with Crippen molar-refractivity contribution >= 4 is 29.2 Å². The second-order valence-corrected chi connectivity index (χ2v) is 6.92. The summed E-state index contributed by atoms with van der Waals surface area (Å²) in [5, 5.41) is 7.41. The summed E-state index contributed by atoms with van der Waals surface area (Å²) in [6, 6.07) is 7.62. The molecule has 5 nitrogen and oxygen atoms in total. The Morgan fingerprint density at radius 3 is 2.72 bits per heavy atom. The number of pyridine rings is 1. The molecule has 1 aliphatic heterocycles. The molecule has 6 heteroatoms. The first-order chi connectivity index (χ1) is 11.5. The summed E-state index contributed by atoms with van der Waals surface area (Å²) in [6.45, 7) is 6.86. The van der Waals surface area contributed by atoms with Gasteiger partial charge in [-0.3, -0.25) is 9.78 Å². The van der Waals surface area contributed by atoms with Crippen molar-refractivity contribution < 1.29 is 9.53 Å². The molecule has 0 aliphatic carbocycles. The Morgan fingerprint density at radius 1 is 1.32 bits per heavy atom. The minimum atomic E-state index is -0.0440. The lowest BCUT2D eigenvalue weighted by Crippen LogP contribution is -2.43. The molecule has 1 aliphatic rings. The summed E-state index contributed by atoms with van der Waals surface area (Å²) in [7, 11) is 1.64. The fourth-order valence-corrected chi connectivity index (χ4v) is 3.20. The van der Waals surface area contributed by atoms with Gasteiger partial charge in [0.1, 0.15) is 5.75 Å². The Bertz CT molecular complexity index is 758. The van der Waals surface area contributed by atoms with Gasteiger partial charge in [0.25, 0.3) is 5.91 Å². The number of hydrogen-bond acceptors (Lipinski definition) is 4. The minimum Gasteiger partial charge on any atom is -0.497 e. The lowest BCUT2D eigenvalue weighted by atomic mass is 9.81. The molecular formula is C19H26ClN3O2. The molecule has 25 heavy (non-hydrogen) atoms. The van der Waals surface area contributed by atoms with Crippen molar-refractivity contribution in [3.05, 3.63) is 35.5 Å². The smallest absolute Gasteiger partial charge is 0.253 e. The predicted molar refractivity (Wildman–Crippen MR) is 103 cm³/mol. The summed E-state index contributed by atoms with van der Waals surface area (Å²) in [6.07, 6.45) is 2.17. The van der Waals surface area contributed by atoms with Gasteiger partial charge in [-0.25, -0.2) is 0 Å². The molecule has 1 aromatic carbocycles. The van der Waals surface area contributed by atoms with Crippen molar-refractivity contribution in [1.29, 1.82) is 0 Å². The molecule has 1 aromatic heterocycles. The summed E-state index contributed by atoms with van der Waals surface area (Å²) in [5.74, 6) is 0.725. The number of aromatic nitrogens is 1. The van der Waals surface area contributed by atoms with Crippen LogP contribution in [0.5, 0.6) is 5.75 Å². The molecule has 0 atom stereocenters. The first-order valence-electron chi connectivity index (χ1n) is 8.45. The van der Waals surface area contributed by atoms with E-state index >= 15 is 0 Å². The van der Waals surface area contributed by atoms with Gasteiger partial charge < -0.3 is 15.4 Å². The number of carbonyl (C=O) groups is 1. The van der Waals surface area contributed by atoms with Gasteiger partial charge >= 0.3 is 0 Å². The average Bonchev–Trinajstić information content (AvgIpc) is 2.59. The molecule has 3 rings (SSSR count). The highest BCUT2D eigenvalue weighted by atomic mass is 35.5. The maximum Gasteiger partial charge on any atom is 0.253 e. The standard InChI is InChI=1S/C19H25N3O2.ClH/c1-13-16(10-14-4-5-15(24-3)11-17(14)22-13)18(23)21-12-19(2)6-8-20-9-7-19;/h4-5,10-11,20H,6-9,12H2,1-3H3,(H,21,23);1H. The van der Waals surface area contributed by atoms with Crippen molar-refractivity contribution in [3.63, 3.8) is 0 Å². The maximum absolute atomic E-state index is 12.6. The average molecular weight is 364 g/mol. The van der Waals surface area contributed by atoms with Gasteiger partial charge in [0.2, 0.25) is 0 Å². The van der Waals surface area contributed by atoms with E-state index in [-0.39, 0.29) is 23.7 Å². The maximum atomic E-state index is 12.6. The van der Waals surface area contributed by atoms with E-state index in [1.54, 1.807) is 7.11 Å². The fourth-order valence-electron chi connectivity index (χ4n) is 3.20. The van der Waals surface area contributed by atoms with Crippen LogP contribution in [0.3, 0.4) is 0 Å². The minimum absolute atomic E-state index is 0. The van der Waals surface area contributed by atoms with Gasteiger partial charge in [-0.1, -0.05) is 6.92 Å². The van der Waals surface area contributed by atoms with Crippen molar-refractivity contribution in [2.24, 2.45) is 5.41 Å². The number of nitrogens with zero attached hydrogens (tertiary/aromatic N) is 1. The topological polar surface area (TPSA) is 63.2 Å². The Hall–Kier alpha value is -1.85. The number of halogens is 1. The van der Waals surface area contributed by atoms with E-state index in [0.717, 1.165) is 48.3 Å². The van der Waals surface area contributed by atoms with Crippen LogP contribution >= 0.6 is 12.4 Å². The van der Waals surface area contributed by atoms with E-state index in [2.05, 4.69) is 22.5 Å². The van der Waals surface area contributed by atoms with Gasteiger partial charge in [-0.2, -0.15) is 0 Å². The van der Waals surface area contributed by atoms with Gasteiger partial charge in [0.15, 0.2) is 0 Å². The second kappa shape index (κ2) is 8.02. The number of carbonyl (C=O) groups excluding carboxylic acids is 1. The number of hydrogen-bond donors (Lipinski definition) is 2. The lowest BCUT2D eigenvalue weighted by molar-refractivity contribution is 0.0921. The Kier molecular flexibility index (Phi) is 6.25. The van der Waals surface area contributed by atoms with E-state index < -0.39 is 0 Å². The summed E-state index contributed by atoms with van der Waals surface area (Å²) in [4.78, 5) is 17.2. The summed E-state index contributed by atoms with van der Waals surface area (Å²) < 4.78 is 5.23. The van der Waals surface area contributed by atoms with E-state index in [4.69, 9.17) is 4.74 Å². The Balaban J connectivity index is 0.00000225. The van der Waals surface area contributed by atoms with Crippen LogP contribution < -0.4 is 15.4 Å². The summed E-state index contributed by atoms with van der Waals surface area (Å²) in [5.41, 5.74) is 2.40. The van der Waals surface area contributed by atoms with E-state index in [9.17, 15) is 4.79 Å². The highest BCUT2D eigenvalue weighted by Crippen LogP contribution is 2.27. The number of amides is 1. The van der Waals surface area contributed by atoms with E-state index in [1.807, 2.05) is 31.2 Å². The molecule has 0 bridgehead atoms. The number of nitrogens with one attached hydrogen (secondary N) is 2. The van der Waals surface area contributed by atoms with Gasteiger partial charge in [-0.15, -0.1) is 12.4 Å². The zero-order chi connectivity index (χ0) is 17.2. The van der Waals surface area contributed by atoms with Crippen molar-refractivity contribution in [2.75, 3.05) is 26.7 Å². The molecule has 1 saturated heterocycles. The van der Waals surface area contributed by atoms with Crippen LogP contribution in [-0.2, 0) is 0 Å². The lowest BCUT2D eigenvalue weighted by Gasteiger charge is -2.34. The molecule has 0 unspecified atom stereocenters. The van der Waals surface area contributed by atoms with Crippen LogP contribution in [0.15, 0.2) is 24.3 Å². The quantitative estimate of drug-likeness (QED) is 0.876.